The first-order valence-corrected chi connectivity index (χ1v) is 3.72. The second-order valence-corrected chi connectivity index (χ2v) is 2.53. The maximum absolute atomic E-state index is 11.0. The summed E-state index contributed by atoms with van der Waals surface area (Å²) in [7, 11) is 1.62. The van der Waals surface area contributed by atoms with Crippen molar-refractivity contribution in [3.05, 3.63) is 12.7 Å². The van der Waals surface area contributed by atoms with E-state index in [-0.39, 0.29) is 18.0 Å². The van der Waals surface area contributed by atoms with Gasteiger partial charge in [-0.2, -0.15) is 0 Å². The fraction of sp³-hybridized carbons (Fsp3) is 0.625. The lowest BCUT2D eigenvalue weighted by atomic mass is 10.2. The second kappa shape index (κ2) is 4.91. The molecule has 2 unspecified atom stereocenters. The number of hydrogen-bond acceptors (Lipinski definition) is 2. The van der Waals surface area contributed by atoms with Gasteiger partial charge in [-0.25, -0.2) is 0 Å². The summed E-state index contributed by atoms with van der Waals surface area (Å²) < 4.78 is 0. The fourth-order valence-electron chi connectivity index (χ4n) is 0.755. The van der Waals surface area contributed by atoms with Crippen LogP contribution in [-0.4, -0.2) is 25.0 Å². The molecule has 0 spiro atoms. The molecule has 0 heterocycles. The molecule has 0 saturated carbocycles. The van der Waals surface area contributed by atoms with E-state index in [4.69, 9.17) is 0 Å². The van der Waals surface area contributed by atoms with E-state index in [1.807, 2.05) is 13.8 Å². The Morgan fingerprint density at radius 2 is 2.09 bits per heavy atom. The van der Waals surface area contributed by atoms with Gasteiger partial charge >= 0.3 is 0 Å². The summed E-state index contributed by atoms with van der Waals surface area (Å²) in [4.78, 5) is 11.0. The molecule has 0 aliphatic heterocycles. The number of amides is 1. The Kier molecular flexibility index (Phi) is 4.54. The quantitative estimate of drug-likeness (QED) is 0.574. The van der Waals surface area contributed by atoms with Crippen LogP contribution in [0, 0.1) is 0 Å². The Bertz CT molecular complexity index is 145. The highest BCUT2D eigenvalue weighted by Crippen LogP contribution is 1.87. The van der Waals surface area contributed by atoms with Gasteiger partial charge in [-0.1, -0.05) is 6.08 Å². The first-order valence-electron chi connectivity index (χ1n) is 3.72. The van der Waals surface area contributed by atoms with E-state index < -0.39 is 0 Å². The zero-order chi connectivity index (χ0) is 8.85. The third-order valence-corrected chi connectivity index (χ3v) is 1.51. The largest absolute Gasteiger partial charge is 0.358 e. The summed E-state index contributed by atoms with van der Waals surface area (Å²) in [6.07, 6.45) is 1.76. The van der Waals surface area contributed by atoms with Gasteiger partial charge in [-0.05, 0) is 13.8 Å². The zero-order valence-electron chi connectivity index (χ0n) is 7.35. The Morgan fingerprint density at radius 3 is 2.45 bits per heavy atom. The number of nitrogens with one attached hydrogen (secondary N) is 2. The van der Waals surface area contributed by atoms with Crippen molar-refractivity contribution in [3.63, 3.8) is 0 Å². The van der Waals surface area contributed by atoms with Crippen LogP contribution in [0.3, 0.4) is 0 Å². The monoisotopic (exact) mass is 156 g/mol. The number of carbonyl (C=O) groups excluding carboxylic acids is 1. The van der Waals surface area contributed by atoms with Crippen molar-refractivity contribution >= 4 is 5.91 Å². The molecule has 1 amide bonds. The molecule has 0 saturated heterocycles. The van der Waals surface area contributed by atoms with Gasteiger partial charge in [0.05, 0.1) is 6.04 Å². The molecule has 0 aromatic heterocycles. The van der Waals surface area contributed by atoms with Crippen LogP contribution in [0.25, 0.3) is 0 Å². The topological polar surface area (TPSA) is 41.1 Å². The highest BCUT2D eigenvalue weighted by atomic mass is 16.2. The molecule has 2 atom stereocenters. The van der Waals surface area contributed by atoms with Gasteiger partial charge in [0.2, 0.25) is 5.91 Å². The minimum atomic E-state index is -0.159. The van der Waals surface area contributed by atoms with Gasteiger partial charge in [-0.15, -0.1) is 6.58 Å². The molecular weight excluding hydrogens is 140 g/mol. The zero-order valence-corrected chi connectivity index (χ0v) is 7.35. The lowest BCUT2D eigenvalue weighted by Crippen LogP contribution is -2.43. The predicted molar refractivity (Wildman–Crippen MR) is 46.3 cm³/mol. The van der Waals surface area contributed by atoms with Crippen LogP contribution in [0.1, 0.15) is 13.8 Å². The van der Waals surface area contributed by atoms with Gasteiger partial charge in [-0.3, -0.25) is 4.79 Å². The molecule has 0 bridgehead atoms. The maximum Gasteiger partial charge on any atom is 0.236 e. The van der Waals surface area contributed by atoms with E-state index in [2.05, 4.69) is 17.2 Å². The summed E-state index contributed by atoms with van der Waals surface area (Å²) in [5.41, 5.74) is 0. The molecule has 0 aromatic rings. The van der Waals surface area contributed by atoms with Gasteiger partial charge in [0.25, 0.3) is 0 Å². The molecule has 3 nitrogen and oxygen atoms in total. The van der Waals surface area contributed by atoms with E-state index in [0.717, 1.165) is 0 Å². The van der Waals surface area contributed by atoms with Crippen LogP contribution in [-0.2, 0) is 4.79 Å². The van der Waals surface area contributed by atoms with E-state index in [0.29, 0.717) is 0 Å². The Labute approximate surface area is 67.9 Å². The Hall–Kier alpha value is -0.830. The van der Waals surface area contributed by atoms with Crippen LogP contribution >= 0.6 is 0 Å². The van der Waals surface area contributed by atoms with Gasteiger partial charge in [0.15, 0.2) is 0 Å². The number of hydrogen-bond donors (Lipinski definition) is 2. The van der Waals surface area contributed by atoms with Crippen LogP contribution in [0.5, 0.6) is 0 Å². The lowest BCUT2D eigenvalue weighted by Gasteiger charge is -2.15. The predicted octanol–water partition coefficient (Wildman–Crippen LogP) is 0.285. The minimum Gasteiger partial charge on any atom is -0.358 e. The summed E-state index contributed by atoms with van der Waals surface area (Å²) >= 11 is 0. The Balaban J connectivity index is 3.76. The molecule has 2 N–H and O–H groups in total. The lowest BCUT2D eigenvalue weighted by molar-refractivity contribution is -0.122. The molecule has 0 rings (SSSR count). The number of carbonyl (C=O) groups is 1. The van der Waals surface area contributed by atoms with Crippen molar-refractivity contribution in [2.24, 2.45) is 0 Å². The minimum absolute atomic E-state index is 0.00120. The van der Waals surface area contributed by atoms with E-state index in [1.165, 1.54) is 0 Å². The van der Waals surface area contributed by atoms with Gasteiger partial charge < -0.3 is 10.6 Å². The Morgan fingerprint density at radius 1 is 1.55 bits per heavy atom. The van der Waals surface area contributed by atoms with Crippen molar-refractivity contribution < 1.29 is 4.79 Å². The summed E-state index contributed by atoms with van der Waals surface area (Å²) in [5, 5.41) is 5.61. The van der Waals surface area contributed by atoms with Crippen LogP contribution < -0.4 is 10.6 Å². The highest BCUT2D eigenvalue weighted by Gasteiger charge is 2.10. The van der Waals surface area contributed by atoms with Crippen molar-refractivity contribution in [2.75, 3.05) is 7.05 Å². The molecule has 64 valence electrons. The standard InChI is InChI=1S/C8H16N2O/c1-5-6(2)10-7(3)8(11)9-4/h5-7,10H,1H2,2-4H3,(H,9,11). The molecule has 0 radical (unpaired) electrons. The van der Waals surface area contributed by atoms with E-state index >= 15 is 0 Å². The van der Waals surface area contributed by atoms with Gasteiger partial charge in [0, 0.05) is 13.1 Å². The molecule has 0 fully saturated rings. The van der Waals surface area contributed by atoms with Crippen LogP contribution in [0.4, 0.5) is 0 Å². The third kappa shape index (κ3) is 3.78. The van der Waals surface area contributed by atoms with Crippen LogP contribution in [0.15, 0.2) is 12.7 Å². The molecule has 0 aliphatic rings. The van der Waals surface area contributed by atoms with E-state index in [9.17, 15) is 4.79 Å². The molecule has 0 aromatic carbocycles. The number of likely N-dealkylation sites (N-methyl/N-ethyl adjacent to an activating group) is 1. The SMILES string of the molecule is C=CC(C)NC(C)C(=O)NC. The first-order chi connectivity index (χ1) is 5.11. The summed E-state index contributed by atoms with van der Waals surface area (Å²) in [6.45, 7) is 7.37. The average Bonchev–Trinajstić information content (AvgIpc) is 2.02. The molecule has 11 heavy (non-hydrogen) atoms. The fourth-order valence-corrected chi connectivity index (χ4v) is 0.755. The number of rotatable bonds is 4. The van der Waals surface area contributed by atoms with E-state index in [1.54, 1.807) is 13.1 Å². The van der Waals surface area contributed by atoms with Crippen molar-refractivity contribution in [1.82, 2.24) is 10.6 Å². The summed E-state index contributed by atoms with van der Waals surface area (Å²) in [5.74, 6) is -0.00120. The third-order valence-electron chi connectivity index (χ3n) is 1.51. The summed E-state index contributed by atoms with van der Waals surface area (Å²) in [6, 6.07) is 0.00954. The smallest absolute Gasteiger partial charge is 0.236 e. The average molecular weight is 156 g/mol. The van der Waals surface area contributed by atoms with Crippen LogP contribution in [0.2, 0.25) is 0 Å². The maximum atomic E-state index is 11.0. The molecule has 3 heteroatoms. The van der Waals surface area contributed by atoms with Gasteiger partial charge in [0.1, 0.15) is 0 Å². The molecule has 0 aliphatic carbocycles. The second-order valence-electron chi connectivity index (χ2n) is 2.53. The highest BCUT2D eigenvalue weighted by molar-refractivity contribution is 5.80. The normalized spacial score (nSPS) is 15.2. The first kappa shape index (κ1) is 10.2. The van der Waals surface area contributed by atoms with Crippen molar-refractivity contribution in [1.29, 1.82) is 0 Å². The molecular formula is C8H16N2O. The van der Waals surface area contributed by atoms with Crippen molar-refractivity contribution in [3.8, 4) is 0 Å². The van der Waals surface area contributed by atoms with Crippen molar-refractivity contribution in [2.45, 2.75) is 25.9 Å².